The Morgan fingerprint density at radius 1 is 1.00 bits per heavy atom. The number of sulfone groups is 1. The number of nitrogens with zero attached hydrogens (tertiary/aromatic N) is 4. The molecule has 4 rings (SSSR count). The van der Waals surface area contributed by atoms with Gasteiger partial charge >= 0.3 is 0 Å². The molecule has 0 amide bonds. The highest BCUT2D eigenvalue weighted by Gasteiger charge is 2.29. The van der Waals surface area contributed by atoms with E-state index in [1.165, 1.54) is 28.9 Å². The van der Waals surface area contributed by atoms with Crippen molar-refractivity contribution in [3.05, 3.63) is 73.1 Å². The van der Waals surface area contributed by atoms with Gasteiger partial charge in [-0.3, -0.25) is 4.98 Å². The van der Waals surface area contributed by atoms with Crippen LogP contribution in [0.5, 0.6) is 0 Å². The molecule has 0 aliphatic rings. The van der Waals surface area contributed by atoms with Crippen LogP contribution in [-0.2, 0) is 9.84 Å². The SMILES string of the molecule is O=S(=O)(c1cccc(F)c1)c1c(-c2ccncc2)nn2cccnc12. The molecule has 0 fully saturated rings. The van der Waals surface area contributed by atoms with Gasteiger partial charge in [0.05, 0.1) is 4.90 Å². The number of hydrogen-bond acceptors (Lipinski definition) is 5. The third-order valence-corrected chi connectivity index (χ3v) is 5.47. The monoisotopic (exact) mass is 354 g/mol. The van der Waals surface area contributed by atoms with Crippen molar-refractivity contribution in [3.63, 3.8) is 0 Å². The smallest absolute Gasteiger partial charge is 0.212 e. The van der Waals surface area contributed by atoms with Crippen molar-refractivity contribution in [2.45, 2.75) is 9.79 Å². The average Bonchev–Trinajstić information content (AvgIpc) is 3.03. The van der Waals surface area contributed by atoms with E-state index in [0.29, 0.717) is 5.56 Å². The van der Waals surface area contributed by atoms with Crippen molar-refractivity contribution in [3.8, 4) is 11.3 Å². The van der Waals surface area contributed by atoms with Gasteiger partial charge in [-0.05, 0) is 36.4 Å². The quantitative estimate of drug-likeness (QED) is 0.565. The Kier molecular flexibility index (Phi) is 3.54. The van der Waals surface area contributed by atoms with E-state index in [9.17, 15) is 12.8 Å². The number of pyridine rings is 1. The topological polar surface area (TPSA) is 77.2 Å². The number of halogens is 1. The minimum absolute atomic E-state index is 0.0649. The summed E-state index contributed by atoms with van der Waals surface area (Å²) >= 11 is 0. The molecular formula is C17H11FN4O2S. The maximum absolute atomic E-state index is 13.6. The molecule has 0 aliphatic heterocycles. The molecule has 1 aromatic carbocycles. The molecule has 3 aromatic heterocycles. The Balaban J connectivity index is 2.07. The maximum atomic E-state index is 13.6. The van der Waals surface area contributed by atoms with Gasteiger partial charge < -0.3 is 0 Å². The van der Waals surface area contributed by atoms with Gasteiger partial charge in [0.15, 0.2) is 5.65 Å². The van der Waals surface area contributed by atoms with E-state index in [1.807, 2.05) is 0 Å². The van der Waals surface area contributed by atoms with Crippen molar-refractivity contribution >= 4 is 15.5 Å². The molecule has 25 heavy (non-hydrogen) atoms. The van der Waals surface area contributed by atoms with E-state index in [2.05, 4.69) is 15.1 Å². The van der Waals surface area contributed by atoms with E-state index in [-0.39, 0.29) is 21.1 Å². The summed E-state index contributed by atoms with van der Waals surface area (Å²) in [4.78, 5) is 7.88. The molecule has 0 saturated carbocycles. The third kappa shape index (κ3) is 2.56. The number of fused-ring (bicyclic) bond motifs is 1. The van der Waals surface area contributed by atoms with Crippen LogP contribution in [0.4, 0.5) is 4.39 Å². The lowest BCUT2D eigenvalue weighted by atomic mass is 10.2. The summed E-state index contributed by atoms with van der Waals surface area (Å²) in [5.41, 5.74) is 0.999. The van der Waals surface area contributed by atoms with Crippen LogP contribution in [0.15, 0.2) is 77.0 Å². The Morgan fingerprint density at radius 2 is 1.80 bits per heavy atom. The van der Waals surface area contributed by atoms with Crippen molar-refractivity contribution in [2.75, 3.05) is 0 Å². The van der Waals surface area contributed by atoms with E-state index in [4.69, 9.17) is 0 Å². The Hall–Kier alpha value is -3.13. The van der Waals surface area contributed by atoms with Crippen molar-refractivity contribution in [1.82, 2.24) is 19.6 Å². The van der Waals surface area contributed by atoms with Crippen LogP contribution in [0.3, 0.4) is 0 Å². The minimum Gasteiger partial charge on any atom is -0.265 e. The normalized spacial score (nSPS) is 11.7. The van der Waals surface area contributed by atoms with E-state index in [0.717, 1.165) is 6.07 Å². The highest BCUT2D eigenvalue weighted by Crippen LogP contribution is 2.33. The second-order valence-corrected chi connectivity index (χ2v) is 7.15. The molecule has 3 heterocycles. The molecule has 0 spiro atoms. The molecule has 0 atom stereocenters. The summed E-state index contributed by atoms with van der Waals surface area (Å²) in [6.45, 7) is 0. The molecular weight excluding hydrogens is 343 g/mol. The second-order valence-electron chi connectivity index (χ2n) is 5.26. The van der Waals surface area contributed by atoms with Crippen LogP contribution in [-0.4, -0.2) is 28.0 Å². The van der Waals surface area contributed by atoms with Crippen molar-refractivity contribution in [2.24, 2.45) is 0 Å². The highest BCUT2D eigenvalue weighted by molar-refractivity contribution is 7.91. The van der Waals surface area contributed by atoms with Gasteiger partial charge in [-0.1, -0.05) is 6.07 Å². The lowest BCUT2D eigenvalue weighted by molar-refractivity contribution is 0.591. The van der Waals surface area contributed by atoms with Gasteiger partial charge in [-0.25, -0.2) is 22.3 Å². The largest absolute Gasteiger partial charge is 0.265 e. The summed E-state index contributed by atoms with van der Waals surface area (Å²) < 4.78 is 41.3. The third-order valence-electron chi connectivity index (χ3n) is 3.68. The first-order chi connectivity index (χ1) is 12.1. The van der Waals surface area contributed by atoms with Crippen molar-refractivity contribution < 1.29 is 12.8 Å². The summed E-state index contributed by atoms with van der Waals surface area (Å²) in [6.07, 6.45) is 6.19. The zero-order chi connectivity index (χ0) is 17.4. The van der Waals surface area contributed by atoms with Crippen LogP contribution in [0.2, 0.25) is 0 Å². The van der Waals surface area contributed by atoms with Crippen LogP contribution in [0, 0.1) is 5.82 Å². The van der Waals surface area contributed by atoms with Gasteiger partial charge in [0.1, 0.15) is 16.4 Å². The predicted octanol–water partition coefficient (Wildman–Crippen LogP) is 2.76. The zero-order valence-electron chi connectivity index (χ0n) is 12.7. The van der Waals surface area contributed by atoms with E-state index >= 15 is 0 Å². The fourth-order valence-corrected chi connectivity index (χ4v) is 4.12. The van der Waals surface area contributed by atoms with Gasteiger partial charge in [0, 0.05) is 30.4 Å². The maximum Gasteiger partial charge on any atom is 0.212 e. The number of rotatable bonds is 3. The molecule has 0 N–H and O–H groups in total. The first-order valence-corrected chi connectivity index (χ1v) is 8.80. The zero-order valence-corrected chi connectivity index (χ0v) is 13.6. The van der Waals surface area contributed by atoms with Gasteiger partial charge in [-0.2, -0.15) is 5.10 Å². The molecule has 124 valence electrons. The summed E-state index contributed by atoms with van der Waals surface area (Å²) in [7, 11) is -4.03. The molecule has 6 nitrogen and oxygen atoms in total. The van der Waals surface area contributed by atoms with Gasteiger partial charge in [0.2, 0.25) is 9.84 Å². The number of benzene rings is 1. The molecule has 0 radical (unpaired) electrons. The second kappa shape index (κ2) is 5.75. The van der Waals surface area contributed by atoms with E-state index in [1.54, 1.807) is 36.8 Å². The lowest BCUT2D eigenvalue weighted by Crippen LogP contribution is -2.04. The molecule has 4 aromatic rings. The van der Waals surface area contributed by atoms with Crippen LogP contribution in [0.25, 0.3) is 16.9 Å². The Labute approximate surface area is 142 Å². The summed E-state index contributed by atoms with van der Waals surface area (Å²) in [5.74, 6) is -0.629. The van der Waals surface area contributed by atoms with Crippen LogP contribution >= 0.6 is 0 Å². The first kappa shape index (κ1) is 15.4. The summed E-state index contributed by atoms with van der Waals surface area (Å²) in [5, 5.41) is 4.35. The fourth-order valence-electron chi connectivity index (χ4n) is 2.56. The molecule has 0 aliphatic carbocycles. The van der Waals surface area contributed by atoms with Crippen LogP contribution in [0.1, 0.15) is 0 Å². The number of aromatic nitrogens is 4. The molecule has 0 saturated heterocycles. The van der Waals surface area contributed by atoms with Gasteiger partial charge in [-0.15, -0.1) is 0 Å². The Bertz CT molecular complexity index is 1170. The van der Waals surface area contributed by atoms with Gasteiger partial charge in [0.25, 0.3) is 0 Å². The molecule has 0 unspecified atom stereocenters. The van der Waals surface area contributed by atoms with Crippen LogP contribution < -0.4 is 0 Å². The molecule has 8 heteroatoms. The average molecular weight is 354 g/mol. The molecule has 0 bridgehead atoms. The lowest BCUT2D eigenvalue weighted by Gasteiger charge is -2.05. The highest BCUT2D eigenvalue weighted by atomic mass is 32.2. The fraction of sp³-hybridized carbons (Fsp3) is 0. The Morgan fingerprint density at radius 3 is 2.56 bits per heavy atom. The first-order valence-electron chi connectivity index (χ1n) is 7.32. The standard InChI is InChI=1S/C17H11FN4O2S/c18-13-3-1-4-14(11-13)25(23,24)16-15(12-5-8-19-9-6-12)21-22-10-2-7-20-17(16)22/h1-11H. The minimum atomic E-state index is -4.03. The van der Waals surface area contributed by atoms with Crippen molar-refractivity contribution in [1.29, 1.82) is 0 Å². The number of hydrogen-bond donors (Lipinski definition) is 0. The predicted molar refractivity (Wildman–Crippen MR) is 88.1 cm³/mol. The van der Waals surface area contributed by atoms with E-state index < -0.39 is 15.7 Å². The summed E-state index contributed by atoms with van der Waals surface area (Å²) in [6, 6.07) is 9.84.